The summed E-state index contributed by atoms with van der Waals surface area (Å²) in [6, 6.07) is 7.95. The minimum absolute atomic E-state index is 0.110. The summed E-state index contributed by atoms with van der Waals surface area (Å²) in [4.78, 5) is 12.1. The maximum atomic E-state index is 13.3. The summed E-state index contributed by atoms with van der Waals surface area (Å²) < 4.78 is 39.5. The Kier molecular flexibility index (Phi) is 4.57. The number of amides is 1. The second-order valence-electron chi connectivity index (χ2n) is 5.92. The first-order valence-electron chi connectivity index (χ1n) is 7.60. The van der Waals surface area contributed by atoms with E-state index in [1.807, 2.05) is 0 Å². The number of halogens is 3. The monoisotopic (exact) mass is 335 g/mol. The largest absolute Gasteiger partial charge is 0.392 e. The number of benzene rings is 2. The van der Waals surface area contributed by atoms with Crippen LogP contribution >= 0.6 is 0 Å². The zero-order valence-electron chi connectivity index (χ0n) is 12.7. The molecular formula is C18H16F3NO2. The Morgan fingerprint density at radius 3 is 2.54 bits per heavy atom. The summed E-state index contributed by atoms with van der Waals surface area (Å²) in [5.74, 6) is -2.88. The van der Waals surface area contributed by atoms with E-state index in [-0.39, 0.29) is 29.9 Å². The van der Waals surface area contributed by atoms with Gasteiger partial charge in [-0.3, -0.25) is 4.79 Å². The SMILES string of the molecule is O=C(NCc1ccc(F)c(CO)c1)C1CC1c1ccc(F)c(F)c1. The van der Waals surface area contributed by atoms with E-state index < -0.39 is 24.1 Å². The van der Waals surface area contributed by atoms with E-state index >= 15 is 0 Å². The number of carbonyl (C=O) groups excluding carboxylic acids is 1. The molecule has 0 aromatic heterocycles. The van der Waals surface area contributed by atoms with Crippen LogP contribution in [-0.4, -0.2) is 11.0 Å². The molecule has 0 radical (unpaired) electrons. The summed E-state index contributed by atoms with van der Waals surface area (Å²) in [5, 5.41) is 11.8. The third kappa shape index (κ3) is 3.43. The standard InChI is InChI=1S/C18H16F3NO2/c19-15-3-1-10(5-12(15)9-23)8-22-18(24)14-7-13(14)11-2-4-16(20)17(21)6-11/h1-6,13-14,23H,7-9H2,(H,22,24). The molecule has 0 bridgehead atoms. The molecule has 2 atom stereocenters. The van der Waals surface area contributed by atoms with Crippen molar-refractivity contribution in [3.05, 3.63) is 70.5 Å². The second kappa shape index (κ2) is 6.65. The highest BCUT2D eigenvalue weighted by Gasteiger charge is 2.44. The third-order valence-electron chi connectivity index (χ3n) is 4.25. The molecule has 24 heavy (non-hydrogen) atoms. The molecule has 1 saturated carbocycles. The van der Waals surface area contributed by atoms with Crippen LogP contribution in [-0.2, 0) is 17.9 Å². The van der Waals surface area contributed by atoms with Crippen LogP contribution in [0.15, 0.2) is 36.4 Å². The van der Waals surface area contributed by atoms with E-state index in [0.29, 0.717) is 17.5 Å². The van der Waals surface area contributed by atoms with Crippen LogP contribution in [0.1, 0.15) is 29.0 Å². The van der Waals surface area contributed by atoms with Gasteiger partial charge in [-0.2, -0.15) is 0 Å². The summed E-state index contributed by atoms with van der Waals surface area (Å²) >= 11 is 0. The van der Waals surface area contributed by atoms with E-state index in [0.717, 1.165) is 12.1 Å². The molecule has 0 saturated heterocycles. The highest BCUT2D eigenvalue weighted by molar-refractivity contribution is 5.82. The minimum atomic E-state index is -0.915. The molecule has 1 aliphatic rings. The summed E-state index contributed by atoms with van der Waals surface area (Å²) in [7, 11) is 0. The second-order valence-corrected chi connectivity index (χ2v) is 5.92. The van der Waals surface area contributed by atoms with Crippen molar-refractivity contribution in [2.45, 2.75) is 25.5 Å². The molecule has 0 aliphatic heterocycles. The molecule has 3 nitrogen and oxygen atoms in total. The first kappa shape index (κ1) is 16.5. The molecule has 2 N–H and O–H groups in total. The lowest BCUT2D eigenvalue weighted by molar-refractivity contribution is -0.122. The average Bonchev–Trinajstić information content (AvgIpc) is 3.37. The highest BCUT2D eigenvalue weighted by Crippen LogP contribution is 2.47. The number of aliphatic hydroxyl groups excluding tert-OH is 1. The van der Waals surface area contributed by atoms with Gasteiger partial charge in [0.25, 0.3) is 0 Å². The molecule has 1 aliphatic carbocycles. The van der Waals surface area contributed by atoms with Gasteiger partial charge in [-0.15, -0.1) is 0 Å². The van der Waals surface area contributed by atoms with Crippen molar-refractivity contribution in [1.82, 2.24) is 5.32 Å². The van der Waals surface area contributed by atoms with Crippen LogP contribution in [0.3, 0.4) is 0 Å². The minimum Gasteiger partial charge on any atom is -0.392 e. The van der Waals surface area contributed by atoms with Gasteiger partial charge in [0.15, 0.2) is 11.6 Å². The Labute approximate surface area is 137 Å². The topological polar surface area (TPSA) is 49.3 Å². The number of nitrogens with one attached hydrogen (secondary N) is 1. The third-order valence-corrected chi connectivity index (χ3v) is 4.25. The molecule has 2 aromatic carbocycles. The summed E-state index contributed by atoms with van der Waals surface area (Å²) in [6.45, 7) is -0.193. The molecule has 2 aromatic rings. The van der Waals surface area contributed by atoms with Gasteiger partial charge in [0.1, 0.15) is 5.82 Å². The lowest BCUT2D eigenvalue weighted by atomic mass is 10.1. The van der Waals surface area contributed by atoms with Crippen molar-refractivity contribution in [2.24, 2.45) is 5.92 Å². The summed E-state index contributed by atoms with van der Waals surface area (Å²) in [6.07, 6.45) is 0.586. The Bertz CT molecular complexity index is 779. The Hall–Kier alpha value is -2.34. The van der Waals surface area contributed by atoms with Crippen LogP contribution in [0.2, 0.25) is 0 Å². The fraction of sp³-hybridized carbons (Fsp3) is 0.278. The van der Waals surface area contributed by atoms with E-state index in [1.54, 1.807) is 0 Å². The normalized spacial score (nSPS) is 19.2. The quantitative estimate of drug-likeness (QED) is 0.882. The van der Waals surface area contributed by atoms with E-state index in [9.17, 15) is 18.0 Å². The van der Waals surface area contributed by atoms with Crippen molar-refractivity contribution >= 4 is 5.91 Å². The molecule has 1 fully saturated rings. The van der Waals surface area contributed by atoms with Crippen LogP contribution in [0.5, 0.6) is 0 Å². The number of aliphatic hydroxyl groups is 1. The smallest absolute Gasteiger partial charge is 0.224 e. The maximum absolute atomic E-state index is 13.3. The Morgan fingerprint density at radius 2 is 1.83 bits per heavy atom. The van der Waals surface area contributed by atoms with Crippen molar-refractivity contribution in [3.63, 3.8) is 0 Å². The molecule has 6 heteroatoms. The van der Waals surface area contributed by atoms with Gasteiger partial charge in [0.2, 0.25) is 5.91 Å². The molecule has 1 amide bonds. The van der Waals surface area contributed by atoms with Crippen molar-refractivity contribution in [3.8, 4) is 0 Å². The predicted molar refractivity (Wildman–Crippen MR) is 81.4 cm³/mol. The average molecular weight is 335 g/mol. The van der Waals surface area contributed by atoms with Gasteiger partial charge in [-0.1, -0.05) is 12.1 Å². The molecule has 126 valence electrons. The number of rotatable bonds is 5. The van der Waals surface area contributed by atoms with Crippen molar-refractivity contribution < 1.29 is 23.1 Å². The zero-order valence-corrected chi connectivity index (χ0v) is 12.7. The van der Waals surface area contributed by atoms with Gasteiger partial charge in [-0.25, -0.2) is 13.2 Å². The maximum Gasteiger partial charge on any atom is 0.224 e. The molecule has 0 spiro atoms. The number of hydrogen-bond donors (Lipinski definition) is 2. The Balaban J connectivity index is 1.58. The molecule has 0 heterocycles. The van der Waals surface area contributed by atoms with E-state index in [2.05, 4.69) is 5.32 Å². The lowest BCUT2D eigenvalue weighted by Crippen LogP contribution is -2.25. The molecule has 2 unspecified atom stereocenters. The van der Waals surface area contributed by atoms with Gasteiger partial charge in [0, 0.05) is 18.0 Å². The first-order chi connectivity index (χ1) is 11.5. The van der Waals surface area contributed by atoms with Crippen LogP contribution in [0.25, 0.3) is 0 Å². The van der Waals surface area contributed by atoms with E-state index in [4.69, 9.17) is 5.11 Å². The highest BCUT2D eigenvalue weighted by atomic mass is 19.2. The zero-order chi connectivity index (χ0) is 17.3. The summed E-state index contributed by atoms with van der Waals surface area (Å²) in [5.41, 5.74) is 1.46. The first-order valence-corrected chi connectivity index (χ1v) is 7.60. The number of hydrogen-bond acceptors (Lipinski definition) is 2. The van der Waals surface area contributed by atoms with Crippen LogP contribution < -0.4 is 5.32 Å². The van der Waals surface area contributed by atoms with Crippen LogP contribution in [0.4, 0.5) is 13.2 Å². The van der Waals surface area contributed by atoms with Crippen molar-refractivity contribution in [1.29, 1.82) is 0 Å². The van der Waals surface area contributed by atoms with Gasteiger partial charge >= 0.3 is 0 Å². The Morgan fingerprint density at radius 1 is 1.08 bits per heavy atom. The van der Waals surface area contributed by atoms with E-state index in [1.165, 1.54) is 24.3 Å². The van der Waals surface area contributed by atoms with Gasteiger partial charge < -0.3 is 10.4 Å². The molecule has 3 rings (SSSR count). The van der Waals surface area contributed by atoms with Crippen LogP contribution in [0, 0.1) is 23.4 Å². The lowest BCUT2D eigenvalue weighted by Gasteiger charge is -2.07. The fourth-order valence-electron chi connectivity index (χ4n) is 2.78. The van der Waals surface area contributed by atoms with Crippen molar-refractivity contribution in [2.75, 3.05) is 0 Å². The van der Waals surface area contributed by atoms with Gasteiger partial charge in [0.05, 0.1) is 6.61 Å². The molecular weight excluding hydrogens is 319 g/mol. The number of carbonyl (C=O) groups is 1. The predicted octanol–water partition coefficient (Wildman–Crippen LogP) is 3.02. The fourth-order valence-corrected chi connectivity index (χ4v) is 2.78. The van der Waals surface area contributed by atoms with Gasteiger partial charge in [-0.05, 0) is 47.7 Å².